The number of carbonyl (C=O) groups excluding carboxylic acids is 2. The molecule has 1 aromatic rings. The van der Waals surface area contributed by atoms with Crippen LogP contribution < -0.4 is 9.47 Å². The van der Waals surface area contributed by atoms with Crippen molar-refractivity contribution in [1.82, 2.24) is 0 Å². The van der Waals surface area contributed by atoms with Gasteiger partial charge >= 0.3 is 5.97 Å². The predicted octanol–water partition coefficient (Wildman–Crippen LogP) is 3.33. The molecule has 0 radical (unpaired) electrons. The van der Waals surface area contributed by atoms with Gasteiger partial charge in [-0.05, 0) is 25.8 Å². The van der Waals surface area contributed by atoms with Crippen LogP contribution in [0.1, 0.15) is 41.6 Å². The number of halogens is 1. The maximum atomic E-state index is 11.9. The van der Waals surface area contributed by atoms with E-state index in [0.717, 1.165) is 12.8 Å². The molecule has 0 saturated heterocycles. The molecule has 0 unspecified atom stereocenters. The van der Waals surface area contributed by atoms with Crippen molar-refractivity contribution < 1.29 is 23.8 Å². The van der Waals surface area contributed by atoms with E-state index < -0.39 is 5.97 Å². The van der Waals surface area contributed by atoms with E-state index in [1.54, 1.807) is 13.0 Å². The fourth-order valence-corrected chi connectivity index (χ4v) is 3.47. The standard InChI is InChI=1S/C17H19ClO5/c1-9-12(17(20)21-2)7-13(18)16-15(9)23-14(8-22-16)10-3-5-11(19)6-4-10/h7,10,14H,3-6,8H2,1-2H3/t14-/m1/s1. The maximum Gasteiger partial charge on any atom is 0.338 e. The van der Waals surface area contributed by atoms with Crippen molar-refractivity contribution in [3.8, 4) is 11.5 Å². The van der Waals surface area contributed by atoms with Gasteiger partial charge in [0.25, 0.3) is 0 Å². The second-order valence-corrected chi connectivity index (χ2v) is 6.43. The highest BCUT2D eigenvalue weighted by molar-refractivity contribution is 6.32. The summed E-state index contributed by atoms with van der Waals surface area (Å²) < 4.78 is 16.7. The van der Waals surface area contributed by atoms with Crippen LogP contribution in [0.4, 0.5) is 0 Å². The van der Waals surface area contributed by atoms with Gasteiger partial charge in [0.05, 0.1) is 17.7 Å². The van der Waals surface area contributed by atoms with Crippen LogP contribution in [0.2, 0.25) is 5.02 Å². The van der Waals surface area contributed by atoms with Gasteiger partial charge in [0.15, 0.2) is 11.5 Å². The van der Waals surface area contributed by atoms with Gasteiger partial charge in [-0.15, -0.1) is 0 Å². The van der Waals surface area contributed by atoms with E-state index in [4.69, 9.17) is 25.8 Å². The van der Waals surface area contributed by atoms with E-state index in [2.05, 4.69) is 0 Å². The van der Waals surface area contributed by atoms with Gasteiger partial charge in [-0.1, -0.05) is 11.6 Å². The highest BCUT2D eigenvalue weighted by Crippen LogP contribution is 2.44. The summed E-state index contributed by atoms with van der Waals surface area (Å²) in [7, 11) is 1.33. The number of ketones is 1. The zero-order chi connectivity index (χ0) is 16.6. The van der Waals surface area contributed by atoms with Crippen LogP contribution in [-0.4, -0.2) is 31.6 Å². The van der Waals surface area contributed by atoms with Crippen LogP contribution in [-0.2, 0) is 9.53 Å². The molecule has 1 atom stereocenters. The summed E-state index contributed by atoms with van der Waals surface area (Å²) in [5.74, 6) is 1.11. The molecular formula is C17H19ClO5. The average molecular weight is 339 g/mol. The Hall–Kier alpha value is -1.75. The smallest absolute Gasteiger partial charge is 0.338 e. The molecule has 1 aliphatic heterocycles. The molecule has 2 aliphatic rings. The molecule has 1 aromatic carbocycles. The molecule has 23 heavy (non-hydrogen) atoms. The van der Waals surface area contributed by atoms with Gasteiger partial charge in [-0.3, -0.25) is 4.79 Å². The average Bonchev–Trinajstić information content (AvgIpc) is 2.57. The quantitative estimate of drug-likeness (QED) is 0.774. The minimum Gasteiger partial charge on any atom is -0.484 e. The second kappa shape index (κ2) is 6.40. The Morgan fingerprint density at radius 1 is 1.30 bits per heavy atom. The van der Waals surface area contributed by atoms with E-state index in [1.165, 1.54) is 7.11 Å². The number of methoxy groups -OCH3 is 1. The van der Waals surface area contributed by atoms with Gasteiger partial charge in [0.2, 0.25) is 0 Å². The minimum atomic E-state index is -0.457. The molecule has 0 aromatic heterocycles. The number of carbonyl (C=O) groups is 2. The second-order valence-electron chi connectivity index (χ2n) is 6.02. The molecule has 0 amide bonds. The first-order valence-corrected chi connectivity index (χ1v) is 8.11. The number of esters is 1. The largest absolute Gasteiger partial charge is 0.484 e. The lowest BCUT2D eigenvalue weighted by Gasteiger charge is -2.35. The lowest BCUT2D eigenvalue weighted by Crippen LogP contribution is -2.38. The first-order chi connectivity index (χ1) is 11.0. The van der Waals surface area contributed by atoms with Crippen LogP contribution in [0.3, 0.4) is 0 Å². The Kier molecular flexibility index (Phi) is 4.48. The number of rotatable bonds is 2. The van der Waals surface area contributed by atoms with E-state index in [1.807, 2.05) is 0 Å². The van der Waals surface area contributed by atoms with Crippen molar-refractivity contribution in [3.05, 3.63) is 22.2 Å². The minimum absolute atomic E-state index is 0.127. The highest BCUT2D eigenvalue weighted by Gasteiger charge is 2.34. The Bertz CT molecular complexity index is 645. The number of fused-ring (bicyclic) bond motifs is 1. The Morgan fingerprint density at radius 2 is 2.00 bits per heavy atom. The summed E-state index contributed by atoms with van der Waals surface area (Å²) in [6.07, 6.45) is 2.69. The summed E-state index contributed by atoms with van der Waals surface area (Å²) >= 11 is 6.22. The van der Waals surface area contributed by atoms with Crippen molar-refractivity contribution in [2.45, 2.75) is 38.7 Å². The van der Waals surface area contributed by atoms with E-state index in [-0.39, 0.29) is 12.0 Å². The summed E-state index contributed by atoms with van der Waals surface area (Å²) in [6.45, 7) is 2.19. The maximum absolute atomic E-state index is 11.9. The molecule has 0 bridgehead atoms. The van der Waals surface area contributed by atoms with Crippen LogP contribution in [0, 0.1) is 12.8 Å². The summed E-state index contributed by atoms with van der Waals surface area (Å²) in [6, 6.07) is 1.55. The van der Waals surface area contributed by atoms with Crippen molar-refractivity contribution in [1.29, 1.82) is 0 Å². The topological polar surface area (TPSA) is 61.8 Å². The van der Waals surface area contributed by atoms with Crippen LogP contribution >= 0.6 is 11.6 Å². The van der Waals surface area contributed by atoms with Gasteiger partial charge in [-0.2, -0.15) is 0 Å². The molecule has 0 spiro atoms. The number of hydrogen-bond donors (Lipinski definition) is 0. The van der Waals surface area contributed by atoms with Crippen LogP contribution in [0.25, 0.3) is 0 Å². The van der Waals surface area contributed by atoms with Crippen molar-refractivity contribution in [2.75, 3.05) is 13.7 Å². The molecule has 0 N–H and O–H groups in total. The zero-order valence-electron chi connectivity index (χ0n) is 13.2. The van der Waals surface area contributed by atoms with Gasteiger partial charge < -0.3 is 14.2 Å². The third-order valence-electron chi connectivity index (χ3n) is 4.62. The summed E-state index contributed by atoms with van der Waals surface area (Å²) in [5.41, 5.74) is 1.03. The van der Waals surface area contributed by atoms with E-state index in [9.17, 15) is 9.59 Å². The fourth-order valence-electron chi connectivity index (χ4n) is 3.22. The van der Waals surface area contributed by atoms with E-state index in [0.29, 0.717) is 52.9 Å². The number of ether oxygens (including phenoxy) is 3. The normalized spacial score (nSPS) is 21.2. The van der Waals surface area contributed by atoms with Gasteiger partial charge in [0, 0.05) is 24.3 Å². The predicted molar refractivity (Wildman–Crippen MR) is 84.4 cm³/mol. The molecule has 6 heteroatoms. The molecule has 1 fully saturated rings. The van der Waals surface area contributed by atoms with E-state index >= 15 is 0 Å². The Morgan fingerprint density at radius 3 is 2.65 bits per heavy atom. The number of Topliss-reactive ketones (excluding diaryl/α,β-unsaturated/α-hetero) is 1. The molecule has 124 valence electrons. The zero-order valence-corrected chi connectivity index (χ0v) is 13.9. The van der Waals surface area contributed by atoms with Crippen molar-refractivity contribution in [3.63, 3.8) is 0 Å². The molecule has 1 aliphatic carbocycles. The van der Waals surface area contributed by atoms with Gasteiger partial charge in [0.1, 0.15) is 18.5 Å². The Balaban J connectivity index is 1.88. The third-order valence-corrected chi connectivity index (χ3v) is 4.90. The van der Waals surface area contributed by atoms with Crippen molar-refractivity contribution in [2.24, 2.45) is 5.92 Å². The lowest BCUT2D eigenvalue weighted by molar-refractivity contribution is -0.121. The molecule has 3 rings (SSSR count). The Labute approximate surface area is 139 Å². The van der Waals surface area contributed by atoms with Crippen LogP contribution in [0.15, 0.2) is 6.07 Å². The SMILES string of the molecule is COC(=O)c1cc(Cl)c2c(c1C)O[C@@H](C1CCC(=O)CC1)CO2. The fraction of sp³-hybridized carbons (Fsp3) is 0.529. The summed E-state index contributed by atoms with van der Waals surface area (Å²) in [5, 5.41) is 0.336. The van der Waals surface area contributed by atoms with Crippen molar-refractivity contribution >= 4 is 23.4 Å². The first-order valence-electron chi connectivity index (χ1n) is 7.73. The molecular weight excluding hydrogens is 320 g/mol. The third kappa shape index (κ3) is 3.02. The highest BCUT2D eigenvalue weighted by atomic mass is 35.5. The van der Waals surface area contributed by atoms with Crippen LogP contribution in [0.5, 0.6) is 11.5 Å². The first kappa shape index (κ1) is 16.1. The molecule has 5 nitrogen and oxygen atoms in total. The molecule has 1 saturated carbocycles. The lowest BCUT2D eigenvalue weighted by atomic mass is 9.84. The number of benzene rings is 1. The number of hydrogen-bond acceptors (Lipinski definition) is 5. The molecule has 1 heterocycles. The summed E-state index contributed by atoms with van der Waals surface area (Å²) in [4.78, 5) is 23.3. The monoisotopic (exact) mass is 338 g/mol. The van der Waals surface area contributed by atoms with Gasteiger partial charge in [-0.25, -0.2) is 4.79 Å².